The van der Waals surface area contributed by atoms with Gasteiger partial charge in [-0.05, 0) is 5.92 Å². The van der Waals surface area contributed by atoms with Gasteiger partial charge in [-0.15, -0.1) is 0 Å². The van der Waals surface area contributed by atoms with Crippen LogP contribution in [0.3, 0.4) is 0 Å². The number of nitrogens with zero attached hydrogens (tertiary/aromatic N) is 2. The average molecular weight is 227 g/mol. The summed E-state index contributed by atoms with van der Waals surface area (Å²) in [6.07, 6.45) is 0. The highest BCUT2D eigenvalue weighted by Gasteiger charge is 2.23. The Morgan fingerprint density at radius 1 is 1.38 bits per heavy atom. The summed E-state index contributed by atoms with van der Waals surface area (Å²) in [7, 11) is 0. The van der Waals surface area contributed by atoms with Gasteiger partial charge in [0.2, 0.25) is 0 Å². The van der Waals surface area contributed by atoms with E-state index in [1.54, 1.807) is 0 Å². The van der Waals surface area contributed by atoms with Gasteiger partial charge in [-0.25, -0.2) is 4.79 Å². The Morgan fingerprint density at radius 3 is 2.38 bits per heavy atom. The maximum atomic E-state index is 10.9. The van der Waals surface area contributed by atoms with E-state index in [2.05, 4.69) is 15.5 Å². The van der Waals surface area contributed by atoms with E-state index in [0.717, 1.165) is 0 Å². The molecule has 1 aromatic heterocycles. The molecular weight excluding hydrogens is 210 g/mol. The Balaban J connectivity index is 2.74. The van der Waals surface area contributed by atoms with Crippen LogP contribution in [-0.2, 0) is 4.79 Å². The fourth-order valence-electron chi connectivity index (χ4n) is 1.17. The molecule has 1 heterocycles. The normalized spacial score (nSPS) is 13.1. The monoisotopic (exact) mass is 227 g/mol. The van der Waals surface area contributed by atoms with Crippen LogP contribution in [0, 0.1) is 5.92 Å². The minimum Gasteiger partial charge on any atom is -0.480 e. The predicted octanol–water partition coefficient (Wildman–Crippen LogP) is 1.71. The second kappa shape index (κ2) is 4.96. The molecule has 0 unspecified atom stereocenters. The molecule has 0 aliphatic carbocycles. The van der Waals surface area contributed by atoms with Crippen molar-refractivity contribution in [3.63, 3.8) is 0 Å². The number of carboxylic acids is 1. The van der Waals surface area contributed by atoms with E-state index in [1.807, 2.05) is 27.7 Å². The standard InChI is InChI=1S/C10H17N3O3/c1-5(2)7(9(14)15)11-10-12-8(6(3)4)13-16-10/h5-7H,1-4H3,(H,14,15)(H,11,12,13)/t7-/m1/s1. The smallest absolute Gasteiger partial charge is 0.326 e. The number of carbonyl (C=O) groups is 1. The van der Waals surface area contributed by atoms with Gasteiger partial charge in [-0.2, -0.15) is 4.98 Å². The molecular formula is C10H17N3O3. The van der Waals surface area contributed by atoms with Crippen molar-refractivity contribution in [3.8, 4) is 0 Å². The number of hydrogen-bond donors (Lipinski definition) is 2. The fourth-order valence-corrected chi connectivity index (χ4v) is 1.17. The van der Waals surface area contributed by atoms with Crippen molar-refractivity contribution in [1.29, 1.82) is 0 Å². The van der Waals surface area contributed by atoms with E-state index < -0.39 is 12.0 Å². The highest BCUT2D eigenvalue weighted by atomic mass is 16.5. The van der Waals surface area contributed by atoms with Crippen molar-refractivity contribution in [1.82, 2.24) is 10.1 Å². The molecule has 0 spiro atoms. The molecule has 0 fully saturated rings. The van der Waals surface area contributed by atoms with E-state index >= 15 is 0 Å². The molecule has 0 aromatic carbocycles. The molecule has 0 bridgehead atoms. The zero-order chi connectivity index (χ0) is 12.3. The molecule has 0 amide bonds. The first-order valence-corrected chi connectivity index (χ1v) is 5.24. The van der Waals surface area contributed by atoms with Gasteiger partial charge in [0, 0.05) is 5.92 Å². The summed E-state index contributed by atoms with van der Waals surface area (Å²) in [5, 5.41) is 15.4. The lowest BCUT2D eigenvalue weighted by molar-refractivity contribution is -0.138. The highest BCUT2D eigenvalue weighted by Crippen LogP contribution is 2.15. The predicted molar refractivity (Wildman–Crippen MR) is 58.3 cm³/mol. The molecule has 0 aliphatic rings. The second-order valence-electron chi connectivity index (χ2n) is 4.32. The number of rotatable bonds is 5. The number of aromatic nitrogens is 2. The Morgan fingerprint density at radius 2 is 2.00 bits per heavy atom. The summed E-state index contributed by atoms with van der Waals surface area (Å²) in [4.78, 5) is 15.0. The molecule has 0 saturated heterocycles. The molecule has 16 heavy (non-hydrogen) atoms. The summed E-state index contributed by atoms with van der Waals surface area (Å²) in [6, 6.07) is -0.565. The van der Waals surface area contributed by atoms with Crippen LogP contribution in [-0.4, -0.2) is 27.3 Å². The van der Waals surface area contributed by atoms with Gasteiger partial charge in [0.05, 0.1) is 0 Å². The lowest BCUT2D eigenvalue weighted by Gasteiger charge is -2.15. The first kappa shape index (κ1) is 12.5. The highest BCUT2D eigenvalue weighted by molar-refractivity contribution is 5.76. The molecule has 6 nitrogen and oxygen atoms in total. The minimum absolute atomic E-state index is 0.0631. The molecule has 2 N–H and O–H groups in total. The van der Waals surface area contributed by atoms with Crippen molar-refractivity contribution in [3.05, 3.63) is 5.82 Å². The van der Waals surface area contributed by atoms with Gasteiger partial charge < -0.3 is 14.9 Å². The Labute approximate surface area is 94.0 Å². The van der Waals surface area contributed by atoms with Crippen LogP contribution in [0.25, 0.3) is 0 Å². The van der Waals surface area contributed by atoms with Crippen molar-refractivity contribution >= 4 is 12.0 Å². The van der Waals surface area contributed by atoms with E-state index in [1.165, 1.54) is 0 Å². The van der Waals surface area contributed by atoms with E-state index in [0.29, 0.717) is 5.82 Å². The Kier molecular flexibility index (Phi) is 3.87. The van der Waals surface area contributed by atoms with Crippen LogP contribution < -0.4 is 5.32 Å². The van der Waals surface area contributed by atoms with Crippen LogP contribution in [0.1, 0.15) is 39.4 Å². The van der Waals surface area contributed by atoms with Crippen molar-refractivity contribution < 1.29 is 14.4 Å². The molecule has 90 valence electrons. The molecule has 1 rings (SSSR count). The zero-order valence-electron chi connectivity index (χ0n) is 9.89. The summed E-state index contributed by atoms with van der Waals surface area (Å²) in [5.41, 5.74) is 0. The van der Waals surface area contributed by atoms with Crippen molar-refractivity contribution in [2.24, 2.45) is 5.92 Å². The second-order valence-corrected chi connectivity index (χ2v) is 4.32. The summed E-state index contributed by atoms with van der Waals surface area (Å²) >= 11 is 0. The lowest BCUT2D eigenvalue weighted by Crippen LogP contribution is -2.34. The minimum atomic E-state index is -0.931. The third kappa shape index (κ3) is 2.95. The molecule has 1 atom stereocenters. The van der Waals surface area contributed by atoms with Crippen LogP contribution >= 0.6 is 0 Å². The lowest BCUT2D eigenvalue weighted by atomic mass is 10.1. The van der Waals surface area contributed by atoms with Gasteiger partial charge in [-0.3, -0.25) is 0 Å². The third-order valence-corrected chi connectivity index (χ3v) is 2.17. The van der Waals surface area contributed by atoms with Gasteiger partial charge in [-0.1, -0.05) is 32.9 Å². The van der Waals surface area contributed by atoms with Crippen molar-refractivity contribution in [2.45, 2.75) is 39.7 Å². The van der Waals surface area contributed by atoms with Crippen LogP contribution in [0.4, 0.5) is 6.01 Å². The summed E-state index contributed by atoms with van der Waals surface area (Å²) in [6.45, 7) is 7.49. The van der Waals surface area contributed by atoms with Gasteiger partial charge in [0.15, 0.2) is 5.82 Å². The number of anilines is 1. The van der Waals surface area contributed by atoms with E-state index in [4.69, 9.17) is 9.63 Å². The topological polar surface area (TPSA) is 88.2 Å². The first-order chi connectivity index (χ1) is 7.41. The van der Waals surface area contributed by atoms with Gasteiger partial charge in [0.25, 0.3) is 0 Å². The SMILES string of the molecule is CC(C)c1noc(N[C@@H](C(=O)O)C(C)C)n1. The van der Waals surface area contributed by atoms with Crippen LogP contribution in [0.15, 0.2) is 4.52 Å². The Hall–Kier alpha value is -1.59. The fraction of sp³-hybridized carbons (Fsp3) is 0.700. The molecule has 1 aromatic rings. The van der Waals surface area contributed by atoms with Gasteiger partial charge in [0.1, 0.15) is 6.04 Å². The largest absolute Gasteiger partial charge is 0.480 e. The van der Waals surface area contributed by atoms with Gasteiger partial charge >= 0.3 is 12.0 Å². The maximum Gasteiger partial charge on any atom is 0.326 e. The molecule has 6 heteroatoms. The molecule has 0 radical (unpaired) electrons. The molecule has 0 saturated carbocycles. The summed E-state index contributed by atoms with van der Waals surface area (Å²) in [5.74, 6) is -0.275. The van der Waals surface area contributed by atoms with E-state index in [9.17, 15) is 4.79 Å². The van der Waals surface area contributed by atoms with Crippen molar-refractivity contribution in [2.75, 3.05) is 5.32 Å². The Bertz CT molecular complexity index is 360. The van der Waals surface area contributed by atoms with E-state index in [-0.39, 0.29) is 17.9 Å². The number of aliphatic carboxylic acids is 1. The summed E-state index contributed by atoms with van der Waals surface area (Å²) < 4.78 is 4.92. The molecule has 0 aliphatic heterocycles. The number of nitrogens with one attached hydrogen (secondary N) is 1. The first-order valence-electron chi connectivity index (χ1n) is 5.24. The quantitative estimate of drug-likeness (QED) is 0.796. The zero-order valence-corrected chi connectivity index (χ0v) is 9.89. The van der Waals surface area contributed by atoms with Crippen LogP contribution in [0.5, 0.6) is 0 Å². The number of carboxylic acid groups (broad SMARTS) is 1. The van der Waals surface area contributed by atoms with Crippen LogP contribution in [0.2, 0.25) is 0 Å². The third-order valence-electron chi connectivity index (χ3n) is 2.17. The number of hydrogen-bond acceptors (Lipinski definition) is 5. The maximum absolute atomic E-state index is 10.9. The average Bonchev–Trinajstić information content (AvgIpc) is 2.61.